The molecule has 0 bridgehead atoms. The number of nitrogens with zero attached hydrogens (tertiary/aromatic N) is 2. The summed E-state index contributed by atoms with van der Waals surface area (Å²) in [4.78, 5) is 16.9. The molecule has 0 fully saturated rings. The Kier molecular flexibility index (Phi) is 3.29. The molecule has 0 radical (unpaired) electrons. The molecule has 1 aromatic carbocycles. The van der Waals surface area contributed by atoms with Gasteiger partial charge in [0.05, 0.1) is 23.8 Å². The fourth-order valence-corrected chi connectivity index (χ4v) is 2.85. The molecule has 0 atom stereocenters. The van der Waals surface area contributed by atoms with E-state index in [1.165, 1.54) is 40.4 Å². The largest absolute Gasteiger partial charge is 0.416 e. The lowest BCUT2D eigenvalue weighted by molar-refractivity contribution is -0.138. The Morgan fingerprint density at radius 2 is 1.95 bits per heavy atom. The molecule has 3 aromatic rings. The van der Waals surface area contributed by atoms with Gasteiger partial charge in [0, 0.05) is 0 Å². The van der Waals surface area contributed by atoms with Crippen LogP contribution >= 0.6 is 11.3 Å². The lowest BCUT2D eigenvalue weighted by atomic mass is 10.1. The van der Waals surface area contributed by atoms with Gasteiger partial charge in [0.15, 0.2) is 0 Å². The van der Waals surface area contributed by atoms with Crippen molar-refractivity contribution >= 4 is 21.6 Å². The maximum absolute atomic E-state index is 13.0. The molecule has 21 heavy (non-hydrogen) atoms. The van der Waals surface area contributed by atoms with Crippen molar-refractivity contribution < 1.29 is 13.2 Å². The molecular formula is C14H9F3N2OS. The lowest BCUT2D eigenvalue weighted by Crippen LogP contribution is -2.22. The second-order valence-corrected chi connectivity index (χ2v) is 5.37. The number of halogens is 3. The van der Waals surface area contributed by atoms with E-state index in [1.54, 1.807) is 11.4 Å². The van der Waals surface area contributed by atoms with E-state index in [9.17, 15) is 18.0 Å². The zero-order valence-corrected chi connectivity index (χ0v) is 11.4. The first-order chi connectivity index (χ1) is 9.97. The van der Waals surface area contributed by atoms with Crippen LogP contribution in [0.1, 0.15) is 11.1 Å². The predicted octanol–water partition coefficient (Wildman–Crippen LogP) is 3.53. The van der Waals surface area contributed by atoms with Crippen molar-refractivity contribution in [2.24, 2.45) is 0 Å². The maximum atomic E-state index is 13.0. The molecule has 0 aliphatic carbocycles. The first-order valence-electron chi connectivity index (χ1n) is 6.04. The van der Waals surface area contributed by atoms with Crippen LogP contribution in [0.2, 0.25) is 0 Å². The molecule has 108 valence electrons. The summed E-state index contributed by atoms with van der Waals surface area (Å²) in [5, 5.41) is 2.15. The summed E-state index contributed by atoms with van der Waals surface area (Å²) >= 11 is 1.32. The molecule has 3 nitrogen and oxygen atoms in total. The summed E-state index contributed by atoms with van der Waals surface area (Å²) in [6.07, 6.45) is -3.16. The Hall–Kier alpha value is -2.15. The third-order valence-electron chi connectivity index (χ3n) is 3.11. The van der Waals surface area contributed by atoms with E-state index in [1.807, 2.05) is 0 Å². The van der Waals surface area contributed by atoms with Gasteiger partial charge in [-0.15, -0.1) is 11.3 Å². The van der Waals surface area contributed by atoms with Crippen LogP contribution in [0.5, 0.6) is 0 Å². The van der Waals surface area contributed by atoms with Gasteiger partial charge in [-0.1, -0.05) is 18.2 Å². The van der Waals surface area contributed by atoms with Crippen LogP contribution in [-0.2, 0) is 12.7 Å². The van der Waals surface area contributed by atoms with Crippen molar-refractivity contribution in [2.45, 2.75) is 12.7 Å². The fourth-order valence-electron chi connectivity index (χ4n) is 2.12. The smallest absolute Gasteiger partial charge is 0.294 e. The number of aromatic nitrogens is 2. The van der Waals surface area contributed by atoms with Crippen LogP contribution in [0.25, 0.3) is 10.2 Å². The average Bonchev–Trinajstić information content (AvgIpc) is 2.90. The minimum Gasteiger partial charge on any atom is -0.294 e. The topological polar surface area (TPSA) is 34.9 Å². The summed E-state index contributed by atoms with van der Waals surface area (Å²) in [5.74, 6) is 0. The van der Waals surface area contributed by atoms with Gasteiger partial charge in [0.1, 0.15) is 4.83 Å². The average molecular weight is 310 g/mol. The van der Waals surface area contributed by atoms with Crippen molar-refractivity contribution in [1.82, 2.24) is 9.55 Å². The summed E-state index contributed by atoms with van der Waals surface area (Å²) in [5.41, 5.74) is -1.02. The Morgan fingerprint density at radius 3 is 2.71 bits per heavy atom. The van der Waals surface area contributed by atoms with Gasteiger partial charge in [-0.05, 0) is 23.1 Å². The highest BCUT2D eigenvalue weighted by Crippen LogP contribution is 2.32. The third-order valence-corrected chi connectivity index (χ3v) is 3.93. The monoisotopic (exact) mass is 310 g/mol. The van der Waals surface area contributed by atoms with E-state index in [0.29, 0.717) is 10.2 Å². The minimum absolute atomic E-state index is 0.0449. The predicted molar refractivity (Wildman–Crippen MR) is 74.4 cm³/mol. The highest BCUT2D eigenvalue weighted by molar-refractivity contribution is 7.16. The van der Waals surface area contributed by atoms with Crippen LogP contribution in [0.4, 0.5) is 13.2 Å². The first kappa shape index (κ1) is 13.8. The van der Waals surface area contributed by atoms with Gasteiger partial charge in [-0.2, -0.15) is 13.2 Å². The van der Waals surface area contributed by atoms with Gasteiger partial charge in [-0.25, -0.2) is 4.98 Å². The van der Waals surface area contributed by atoms with E-state index >= 15 is 0 Å². The number of hydrogen-bond donors (Lipinski definition) is 0. The van der Waals surface area contributed by atoms with Gasteiger partial charge in [-0.3, -0.25) is 9.36 Å². The van der Waals surface area contributed by atoms with Crippen LogP contribution < -0.4 is 5.56 Å². The SMILES string of the molecule is O=c1c2ccsc2ncn1Cc1ccccc1C(F)(F)F. The molecule has 2 aromatic heterocycles. The van der Waals surface area contributed by atoms with Gasteiger partial charge in [0.2, 0.25) is 0 Å². The van der Waals surface area contributed by atoms with Crippen LogP contribution in [0.3, 0.4) is 0 Å². The van der Waals surface area contributed by atoms with Gasteiger partial charge < -0.3 is 0 Å². The van der Waals surface area contributed by atoms with E-state index in [2.05, 4.69) is 4.98 Å². The number of fused-ring (bicyclic) bond motifs is 1. The standard InChI is InChI=1S/C14H9F3N2OS/c15-14(16,17)11-4-2-1-3-9(11)7-19-8-18-12-10(13(19)20)5-6-21-12/h1-6,8H,7H2. The maximum Gasteiger partial charge on any atom is 0.416 e. The number of hydrogen-bond acceptors (Lipinski definition) is 3. The number of thiophene rings is 1. The number of rotatable bonds is 2. The molecule has 0 spiro atoms. The van der Waals surface area contributed by atoms with Crippen molar-refractivity contribution in [3.8, 4) is 0 Å². The zero-order chi connectivity index (χ0) is 15.0. The van der Waals surface area contributed by atoms with Crippen molar-refractivity contribution in [3.63, 3.8) is 0 Å². The molecule has 7 heteroatoms. The summed E-state index contributed by atoms with van der Waals surface area (Å²) in [7, 11) is 0. The second kappa shape index (κ2) is 5.00. The second-order valence-electron chi connectivity index (χ2n) is 4.47. The van der Waals surface area contributed by atoms with Gasteiger partial charge in [0.25, 0.3) is 5.56 Å². The van der Waals surface area contributed by atoms with Crippen LogP contribution in [0, 0.1) is 0 Å². The van der Waals surface area contributed by atoms with E-state index in [4.69, 9.17) is 0 Å². The quantitative estimate of drug-likeness (QED) is 0.726. The van der Waals surface area contributed by atoms with Crippen molar-refractivity contribution in [3.05, 3.63) is 63.5 Å². The molecule has 0 saturated heterocycles. The molecular weight excluding hydrogens is 301 g/mol. The van der Waals surface area contributed by atoms with E-state index in [-0.39, 0.29) is 17.7 Å². The van der Waals surface area contributed by atoms with Crippen molar-refractivity contribution in [2.75, 3.05) is 0 Å². The summed E-state index contributed by atoms with van der Waals surface area (Å²) < 4.78 is 40.1. The molecule has 0 aliphatic heterocycles. The van der Waals surface area contributed by atoms with Crippen LogP contribution in [-0.4, -0.2) is 9.55 Å². The molecule has 2 heterocycles. The van der Waals surface area contributed by atoms with Crippen molar-refractivity contribution in [1.29, 1.82) is 0 Å². The number of alkyl halides is 3. The van der Waals surface area contributed by atoms with Crippen LogP contribution in [0.15, 0.2) is 46.8 Å². The first-order valence-corrected chi connectivity index (χ1v) is 6.92. The molecule has 0 saturated carbocycles. The molecule has 0 amide bonds. The Balaban J connectivity index is 2.07. The molecule has 0 unspecified atom stereocenters. The Bertz CT molecular complexity index is 851. The van der Waals surface area contributed by atoms with E-state index < -0.39 is 11.7 Å². The lowest BCUT2D eigenvalue weighted by Gasteiger charge is -2.13. The fraction of sp³-hybridized carbons (Fsp3) is 0.143. The highest BCUT2D eigenvalue weighted by atomic mass is 32.1. The normalized spacial score (nSPS) is 12.0. The Morgan fingerprint density at radius 1 is 1.19 bits per heavy atom. The molecule has 0 aliphatic rings. The van der Waals surface area contributed by atoms with Gasteiger partial charge >= 0.3 is 6.18 Å². The zero-order valence-electron chi connectivity index (χ0n) is 10.6. The highest BCUT2D eigenvalue weighted by Gasteiger charge is 2.32. The molecule has 0 N–H and O–H groups in total. The number of benzene rings is 1. The summed E-state index contributed by atoms with van der Waals surface area (Å²) in [6, 6.07) is 6.85. The van der Waals surface area contributed by atoms with E-state index in [0.717, 1.165) is 6.07 Å². The minimum atomic E-state index is -4.44. The molecule has 3 rings (SSSR count). The Labute approximate surface area is 121 Å². The summed E-state index contributed by atoms with van der Waals surface area (Å²) in [6.45, 7) is -0.159. The third kappa shape index (κ3) is 2.56.